The van der Waals surface area contributed by atoms with Gasteiger partial charge in [0.25, 0.3) is 0 Å². The number of aromatic nitrogens is 1. The maximum Gasteiger partial charge on any atom is 0.244 e. The average molecular weight is 437 g/mol. The van der Waals surface area contributed by atoms with Crippen LogP contribution in [0.25, 0.3) is 11.3 Å². The molecule has 1 aromatic heterocycles. The fraction of sp³-hybridized carbons (Fsp3) is 0.167. The molecule has 26 heavy (non-hydrogen) atoms. The number of halogens is 1. The van der Waals surface area contributed by atoms with E-state index in [4.69, 9.17) is 9.26 Å². The van der Waals surface area contributed by atoms with Gasteiger partial charge in [-0.25, -0.2) is 13.1 Å². The van der Waals surface area contributed by atoms with Crippen molar-refractivity contribution in [1.29, 1.82) is 0 Å². The van der Waals surface area contributed by atoms with Crippen LogP contribution in [0.5, 0.6) is 5.75 Å². The smallest absolute Gasteiger partial charge is 0.244 e. The number of aryl methyl sites for hydroxylation is 1. The van der Waals surface area contributed by atoms with Crippen LogP contribution in [0.3, 0.4) is 0 Å². The van der Waals surface area contributed by atoms with Crippen molar-refractivity contribution in [3.63, 3.8) is 0 Å². The van der Waals surface area contributed by atoms with Crippen LogP contribution in [0, 0.1) is 6.92 Å². The molecule has 0 saturated carbocycles. The molecule has 0 fully saturated rings. The van der Waals surface area contributed by atoms with E-state index < -0.39 is 10.0 Å². The standard InChI is InChI=1S/C18H17BrN2O4S/c1-12-9-17(25-21-12)14-5-8-16(24-2)18(10-14)26(22,23)20-11-13-3-6-15(19)7-4-13/h3-10,20H,11H2,1-2H3. The van der Waals surface area contributed by atoms with E-state index in [2.05, 4.69) is 25.8 Å². The highest BCUT2D eigenvalue weighted by Crippen LogP contribution is 2.30. The first-order valence-corrected chi connectivity index (χ1v) is 10.0. The molecule has 0 aliphatic rings. The van der Waals surface area contributed by atoms with Gasteiger partial charge in [-0.1, -0.05) is 33.2 Å². The second-order valence-corrected chi connectivity index (χ2v) is 8.30. The molecule has 0 amide bonds. The largest absolute Gasteiger partial charge is 0.495 e. The monoisotopic (exact) mass is 436 g/mol. The molecule has 6 nitrogen and oxygen atoms in total. The van der Waals surface area contributed by atoms with Crippen molar-refractivity contribution in [2.24, 2.45) is 0 Å². The molecule has 3 aromatic rings. The van der Waals surface area contributed by atoms with Crippen LogP contribution < -0.4 is 9.46 Å². The number of benzene rings is 2. The normalized spacial score (nSPS) is 11.5. The highest BCUT2D eigenvalue weighted by atomic mass is 79.9. The third-order valence-corrected chi connectivity index (χ3v) is 5.70. The lowest BCUT2D eigenvalue weighted by Gasteiger charge is -2.12. The van der Waals surface area contributed by atoms with Gasteiger partial charge in [0, 0.05) is 22.6 Å². The van der Waals surface area contributed by atoms with Crippen LogP contribution in [0.2, 0.25) is 0 Å². The Morgan fingerprint density at radius 2 is 1.88 bits per heavy atom. The van der Waals surface area contributed by atoms with Crippen molar-refractivity contribution < 1.29 is 17.7 Å². The van der Waals surface area contributed by atoms with Crippen LogP contribution in [0.4, 0.5) is 0 Å². The second-order valence-electron chi connectivity index (χ2n) is 5.65. The first-order chi connectivity index (χ1) is 12.4. The molecule has 0 radical (unpaired) electrons. The van der Waals surface area contributed by atoms with Gasteiger partial charge in [-0.15, -0.1) is 0 Å². The van der Waals surface area contributed by atoms with E-state index in [1.807, 2.05) is 24.3 Å². The molecule has 3 rings (SSSR count). The second kappa shape index (κ2) is 7.61. The maximum absolute atomic E-state index is 12.8. The summed E-state index contributed by atoms with van der Waals surface area (Å²) in [6.45, 7) is 1.97. The molecule has 0 saturated heterocycles. The SMILES string of the molecule is COc1ccc(-c2cc(C)no2)cc1S(=O)(=O)NCc1ccc(Br)cc1. The number of methoxy groups -OCH3 is 1. The van der Waals surface area contributed by atoms with Crippen molar-refractivity contribution in [3.8, 4) is 17.1 Å². The van der Waals surface area contributed by atoms with Crippen molar-refractivity contribution >= 4 is 26.0 Å². The summed E-state index contributed by atoms with van der Waals surface area (Å²) in [5.74, 6) is 0.753. The van der Waals surface area contributed by atoms with E-state index in [0.29, 0.717) is 17.0 Å². The zero-order chi connectivity index (χ0) is 18.7. The first-order valence-electron chi connectivity index (χ1n) is 7.75. The van der Waals surface area contributed by atoms with E-state index in [9.17, 15) is 8.42 Å². The lowest BCUT2D eigenvalue weighted by atomic mass is 10.1. The molecule has 1 heterocycles. The summed E-state index contributed by atoms with van der Waals surface area (Å²) < 4.78 is 39.6. The highest BCUT2D eigenvalue weighted by Gasteiger charge is 2.21. The number of hydrogen-bond donors (Lipinski definition) is 1. The van der Waals surface area contributed by atoms with E-state index in [1.54, 1.807) is 25.1 Å². The predicted molar refractivity (Wildman–Crippen MR) is 101 cm³/mol. The number of rotatable bonds is 6. The van der Waals surface area contributed by atoms with Gasteiger partial charge in [0.2, 0.25) is 10.0 Å². The minimum atomic E-state index is -3.78. The van der Waals surface area contributed by atoms with Gasteiger partial charge in [-0.2, -0.15) is 0 Å². The van der Waals surface area contributed by atoms with Crippen molar-refractivity contribution in [2.75, 3.05) is 7.11 Å². The van der Waals surface area contributed by atoms with Gasteiger partial charge in [0.1, 0.15) is 10.6 Å². The van der Waals surface area contributed by atoms with E-state index >= 15 is 0 Å². The summed E-state index contributed by atoms with van der Waals surface area (Å²) in [6.07, 6.45) is 0. The Balaban J connectivity index is 1.90. The molecule has 8 heteroatoms. The third-order valence-electron chi connectivity index (χ3n) is 3.75. The highest BCUT2D eigenvalue weighted by molar-refractivity contribution is 9.10. The number of nitrogens with one attached hydrogen (secondary N) is 1. The van der Waals surface area contributed by atoms with Crippen molar-refractivity contribution in [3.05, 3.63) is 64.3 Å². The Morgan fingerprint density at radius 3 is 2.50 bits per heavy atom. The van der Waals surface area contributed by atoms with Crippen LogP contribution in [0.15, 0.2) is 62.4 Å². The first kappa shape index (κ1) is 18.6. The molecule has 0 atom stereocenters. The molecule has 0 unspecified atom stereocenters. The predicted octanol–water partition coefficient (Wildman–Crippen LogP) is 3.90. The number of sulfonamides is 1. The Labute approximate surface area is 160 Å². The van der Waals surface area contributed by atoms with Gasteiger partial charge in [0.15, 0.2) is 5.76 Å². The average Bonchev–Trinajstić information content (AvgIpc) is 3.07. The van der Waals surface area contributed by atoms with Gasteiger partial charge in [-0.05, 0) is 42.8 Å². The molecule has 0 aliphatic heterocycles. The molecular weight excluding hydrogens is 420 g/mol. The summed E-state index contributed by atoms with van der Waals surface area (Å²) >= 11 is 3.35. The summed E-state index contributed by atoms with van der Waals surface area (Å²) in [7, 11) is -2.35. The third kappa shape index (κ3) is 4.14. The molecule has 1 N–H and O–H groups in total. The quantitative estimate of drug-likeness (QED) is 0.633. The lowest BCUT2D eigenvalue weighted by molar-refractivity contribution is 0.402. The molecule has 136 valence electrons. The van der Waals surface area contributed by atoms with Crippen LogP contribution in [0.1, 0.15) is 11.3 Å². The zero-order valence-electron chi connectivity index (χ0n) is 14.2. The Morgan fingerprint density at radius 1 is 1.15 bits per heavy atom. The number of nitrogens with zero attached hydrogens (tertiary/aromatic N) is 1. The van der Waals surface area contributed by atoms with Crippen LogP contribution in [-0.4, -0.2) is 20.7 Å². The fourth-order valence-corrected chi connectivity index (χ4v) is 3.87. The molecule has 0 spiro atoms. The Hall–Kier alpha value is -2.16. The minimum Gasteiger partial charge on any atom is -0.495 e. The van der Waals surface area contributed by atoms with Crippen molar-refractivity contribution in [2.45, 2.75) is 18.4 Å². The fourth-order valence-electron chi connectivity index (χ4n) is 2.40. The van der Waals surface area contributed by atoms with Gasteiger partial charge in [-0.3, -0.25) is 0 Å². The molecule has 2 aromatic carbocycles. The molecule has 0 bridgehead atoms. The van der Waals surface area contributed by atoms with E-state index in [0.717, 1.165) is 10.0 Å². The maximum atomic E-state index is 12.8. The van der Waals surface area contributed by atoms with E-state index in [1.165, 1.54) is 13.2 Å². The van der Waals surface area contributed by atoms with Crippen LogP contribution in [-0.2, 0) is 16.6 Å². The summed E-state index contributed by atoms with van der Waals surface area (Å²) in [6, 6.07) is 14.0. The van der Waals surface area contributed by atoms with Gasteiger partial charge >= 0.3 is 0 Å². The number of hydrogen-bond acceptors (Lipinski definition) is 5. The zero-order valence-corrected chi connectivity index (χ0v) is 16.6. The van der Waals surface area contributed by atoms with E-state index in [-0.39, 0.29) is 17.2 Å². The van der Waals surface area contributed by atoms with Crippen LogP contribution >= 0.6 is 15.9 Å². The molecule has 0 aliphatic carbocycles. The summed E-state index contributed by atoms with van der Waals surface area (Å²) in [5, 5.41) is 3.84. The lowest BCUT2D eigenvalue weighted by Crippen LogP contribution is -2.23. The summed E-state index contributed by atoms with van der Waals surface area (Å²) in [4.78, 5) is 0.0451. The topological polar surface area (TPSA) is 81.4 Å². The van der Waals surface area contributed by atoms with Gasteiger partial charge in [0.05, 0.1) is 12.8 Å². The Kier molecular flexibility index (Phi) is 5.45. The minimum absolute atomic E-state index is 0.0451. The number of ether oxygens (including phenoxy) is 1. The van der Waals surface area contributed by atoms with Gasteiger partial charge < -0.3 is 9.26 Å². The Bertz CT molecular complexity index is 1010. The van der Waals surface area contributed by atoms with Crippen molar-refractivity contribution in [1.82, 2.24) is 9.88 Å². The molecular formula is C18H17BrN2O4S. The summed E-state index contributed by atoms with van der Waals surface area (Å²) in [5.41, 5.74) is 2.17.